The van der Waals surface area contributed by atoms with Gasteiger partial charge in [0.1, 0.15) is 5.78 Å². The number of Topliss-reactive ketones (excluding diaryl/α,β-unsaturated/α-hetero) is 1. The molecule has 8 heteroatoms. The van der Waals surface area contributed by atoms with Gasteiger partial charge < -0.3 is 9.88 Å². The van der Waals surface area contributed by atoms with Crippen molar-refractivity contribution in [3.05, 3.63) is 46.1 Å². The van der Waals surface area contributed by atoms with E-state index < -0.39 is 11.7 Å². The number of amides is 1. The van der Waals surface area contributed by atoms with Gasteiger partial charge in [-0.15, -0.1) is 0 Å². The fourth-order valence-electron chi connectivity index (χ4n) is 5.21. The lowest BCUT2D eigenvalue weighted by Gasteiger charge is -2.24. The Hall–Kier alpha value is -2.28. The van der Waals surface area contributed by atoms with Crippen molar-refractivity contribution < 1.29 is 22.8 Å². The number of aromatic nitrogens is 1. The lowest BCUT2D eigenvalue weighted by atomic mass is 9.88. The molecular formula is C26H30ClF3N2O2. The van der Waals surface area contributed by atoms with Crippen molar-refractivity contribution in [3.8, 4) is 11.3 Å². The van der Waals surface area contributed by atoms with Crippen molar-refractivity contribution >= 4 is 23.3 Å². The summed E-state index contributed by atoms with van der Waals surface area (Å²) >= 11 is 6.37. The fourth-order valence-corrected chi connectivity index (χ4v) is 5.42. The second kappa shape index (κ2) is 10.1. The molecule has 184 valence electrons. The second-order valence-corrected chi connectivity index (χ2v) is 9.96. The molecule has 1 aromatic heterocycles. The fraction of sp³-hybridized carbons (Fsp3) is 0.538. The number of hydrogen-bond acceptors (Lipinski definition) is 2. The predicted molar refractivity (Wildman–Crippen MR) is 126 cm³/mol. The minimum Gasteiger partial charge on any atom is -0.349 e. The third-order valence-corrected chi connectivity index (χ3v) is 7.53. The maximum absolute atomic E-state index is 13.5. The number of rotatable bonds is 5. The quantitative estimate of drug-likeness (QED) is 0.488. The summed E-state index contributed by atoms with van der Waals surface area (Å²) in [5.41, 5.74) is 0.882. The van der Waals surface area contributed by atoms with E-state index in [1.54, 1.807) is 13.0 Å². The maximum atomic E-state index is 13.5. The molecule has 1 atom stereocenters. The van der Waals surface area contributed by atoms with Crippen LogP contribution in [0.2, 0.25) is 5.02 Å². The van der Waals surface area contributed by atoms with Crippen LogP contribution >= 0.6 is 11.6 Å². The van der Waals surface area contributed by atoms with E-state index in [0.29, 0.717) is 29.9 Å². The summed E-state index contributed by atoms with van der Waals surface area (Å²) in [7, 11) is 0. The number of hydrogen-bond donors (Lipinski definition) is 1. The third-order valence-electron chi connectivity index (χ3n) is 7.21. The Labute approximate surface area is 202 Å². The van der Waals surface area contributed by atoms with Crippen molar-refractivity contribution in [2.75, 3.05) is 0 Å². The van der Waals surface area contributed by atoms with Gasteiger partial charge in [0.25, 0.3) is 5.91 Å². The van der Waals surface area contributed by atoms with E-state index in [9.17, 15) is 22.8 Å². The highest BCUT2D eigenvalue weighted by atomic mass is 35.5. The Balaban J connectivity index is 1.75. The lowest BCUT2D eigenvalue weighted by molar-refractivity contribution is -0.137. The molecule has 2 aliphatic carbocycles. The molecule has 4 rings (SSSR count). The van der Waals surface area contributed by atoms with Crippen LogP contribution in [0.25, 0.3) is 11.3 Å². The standard InChI is InChI=1S/C26H30ClF3N2O2/c1-16-20(25(34)31-19-8-3-2-4-9-19)14-23(32(16)15-17-7-5-6-10-24(17)33)21-13-18(26(28,29)30)11-12-22(21)27/h11-14,17,19H,2-10,15H2,1H3,(H,31,34)/t17-/m1/s1. The van der Waals surface area contributed by atoms with Crippen LogP contribution in [0.3, 0.4) is 0 Å². The highest BCUT2D eigenvalue weighted by molar-refractivity contribution is 6.33. The van der Waals surface area contributed by atoms with Gasteiger partial charge >= 0.3 is 6.18 Å². The largest absolute Gasteiger partial charge is 0.416 e. The van der Waals surface area contributed by atoms with E-state index in [4.69, 9.17) is 11.6 Å². The van der Waals surface area contributed by atoms with Crippen LogP contribution < -0.4 is 5.32 Å². The third kappa shape index (κ3) is 5.35. The van der Waals surface area contributed by atoms with Crippen LogP contribution in [-0.2, 0) is 17.5 Å². The number of carbonyl (C=O) groups excluding carboxylic acids is 2. The molecule has 2 fully saturated rings. The lowest BCUT2D eigenvalue weighted by Crippen LogP contribution is -2.36. The molecule has 1 amide bonds. The molecule has 0 aliphatic heterocycles. The molecule has 1 heterocycles. The molecule has 1 N–H and O–H groups in total. The minimum absolute atomic E-state index is 0.101. The van der Waals surface area contributed by atoms with Crippen LogP contribution in [0, 0.1) is 12.8 Å². The molecule has 0 unspecified atom stereocenters. The molecule has 4 nitrogen and oxygen atoms in total. The Bertz CT molecular complexity index is 1070. The molecular weight excluding hydrogens is 465 g/mol. The minimum atomic E-state index is -4.52. The topological polar surface area (TPSA) is 51.1 Å². The van der Waals surface area contributed by atoms with Gasteiger partial charge in [0.2, 0.25) is 0 Å². The van der Waals surface area contributed by atoms with Crippen molar-refractivity contribution in [1.82, 2.24) is 9.88 Å². The van der Waals surface area contributed by atoms with Gasteiger partial charge in [-0.25, -0.2) is 0 Å². The molecule has 34 heavy (non-hydrogen) atoms. The SMILES string of the molecule is Cc1c(C(=O)NC2CCCCC2)cc(-c2cc(C(F)(F)F)ccc2Cl)n1C[C@H]1CCCCC1=O. The summed E-state index contributed by atoms with van der Waals surface area (Å²) in [6.45, 7) is 2.11. The molecule has 1 aromatic carbocycles. The Morgan fingerprint density at radius 2 is 1.79 bits per heavy atom. The van der Waals surface area contributed by atoms with Crippen LogP contribution in [0.1, 0.15) is 79.4 Å². The van der Waals surface area contributed by atoms with E-state index in [2.05, 4.69) is 5.32 Å². The first kappa shape index (κ1) is 24.8. The van der Waals surface area contributed by atoms with E-state index >= 15 is 0 Å². The Morgan fingerprint density at radius 3 is 2.47 bits per heavy atom. The monoisotopic (exact) mass is 494 g/mol. The average Bonchev–Trinajstić information content (AvgIpc) is 3.11. The van der Waals surface area contributed by atoms with E-state index in [1.165, 1.54) is 6.07 Å². The van der Waals surface area contributed by atoms with Crippen molar-refractivity contribution in [3.63, 3.8) is 0 Å². The van der Waals surface area contributed by atoms with Gasteiger partial charge in [0.05, 0.1) is 16.8 Å². The molecule has 2 aromatic rings. The number of carbonyl (C=O) groups is 2. The zero-order chi connectivity index (χ0) is 24.5. The number of ketones is 1. The first-order valence-electron chi connectivity index (χ1n) is 12.1. The number of halogens is 4. The molecule has 0 radical (unpaired) electrons. The molecule has 0 bridgehead atoms. The molecule has 0 spiro atoms. The number of nitrogens with zero attached hydrogens (tertiary/aromatic N) is 1. The van der Waals surface area contributed by atoms with Gasteiger partial charge in [-0.1, -0.05) is 37.3 Å². The molecule has 2 aliphatic rings. The molecule has 0 saturated heterocycles. The normalized spacial score (nSPS) is 19.9. The van der Waals surface area contributed by atoms with Gasteiger partial charge in [0.15, 0.2) is 0 Å². The van der Waals surface area contributed by atoms with E-state index in [0.717, 1.165) is 63.5 Å². The zero-order valence-electron chi connectivity index (χ0n) is 19.3. The predicted octanol–water partition coefficient (Wildman–Crippen LogP) is 6.96. The first-order chi connectivity index (χ1) is 16.1. The highest BCUT2D eigenvalue weighted by Gasteiger charge is 2.32. The average molecular weight is 495 g/mol. The zero-order valence-corrected chi connectivity index (χ0v) is 20.1. The van der Waals surface area contributed by atoms with Gasteiger partial charge in [-0.05, 0) is 56.9 Å². The Morgan fingerprint density at radius 1 is 1.09 bits per heavy atom. The van der Waals surface area contributed by atoms with Crippen molar-refractivity contribution in [2.45, 2.75) is 83.5 Å². The van der Waals surface area contributed by atoms with Gasteiger partial charge in [0, 0.05) is 41.2 Å². The summed E-state index contributed by atoms with van der Waals surface area (Å²) in [5.74, 6) is -0.298. The van der Waals surface area contributed by atoms with Gasteiger partial charge in [-0.2, -0.15) is 13.2 Å². The number of nitrogens with one attached hydrogen (secondary N) is 1. The van der Waals surface area contributed by atoms with E-state index in [1.807, 2.05) is 4.57 Å². The maximum Gasteiger partial charge on any atom is 0.416 e. The summed E-state index contributed by atoms with van der Waals surface area (Å²) in [6, 6.07) is 4.94. The highest BCUT2D eigenvalue weighted by Crippen LogP contribution is 2.38. The Kier molecular flexibility index (Phi) is 7.41. The summed E-state index contributed by atoms with van der Waals surface area (Å²) in [5, 5.41) is 3.27. The summed E-state index contributed by atoms with van der Waals surface area (Å²) < 4.78 is 42.2. The van der Waals surface area contributed by atoms with Crippen molar-refractivity contribution in [2.24, 2.45) is 5.92 Å². The summed E-state index contributed by atoms with van der Waals surface area (Å²) in [4.78, 5) is 25.7. The first-order valence-corrected chi connectivity index (χ1v) is 12.4. The smallest absolute Gasteiger partial charge is 0.349 e. The van der Waals surface area contributed by atoms with Gasteiger partial charge in [-0.3, -0.25) is 9.59 Å². The number of alkyl halides is 3. The van der Waals surface area contributed by atoms with Crippen LogP contribution in [-0.4, -0.2) is 22.3 Å². The second-order valence-electron chi connectivity index (χ2n) is 9.55. The van der Waals surface area contributed by atoms with Crippen molar-refractivity contribution in [1.29, 1.82) is 0 Å². The number of benzene rings is 1. The van der Waals surface area contributed by atoms with Crippen LogP contribution in [0.4, 0.5) is 13.2 Å². The van der Waals surface area contributed by atoms with E-state index in [-0.39, 0.29) is 34.2 Å². The van der Waals surface area contributed by atoms with Crippen LogP contribution in [0.5, 0.6) is 0 Å². The molecule has 2 saturated carbocycles. The van der Waals surface area contributed by atoms with Crippen LogP contribution in [0.15, 0.2) is 24.3 Å². The summed E-state index contributed by atoms with van der Waals surface area (Å²) in [6.07, 6.45) is 3.67.